The van der Waals surface area contributed by atoms with E-state index in [0.717, 1.165) is 53.1 Å². The molecule has 0 unspecified atom stereocenters. The third kappa shape index (κ3) is 5.81. The molecule has 4 nitrogen and oxygen atoms in total. The number of rotatable bonds is 7. The molecule has 1 aliphatic rings. The molecule has 0 atom stereocenters. The van der Waals surface area contributed by atoms with Gasteiger partial charge in [0.1, 0.15) is 17.4 Å². The molecule has 7 heteroatoms. The number of hydrogen-bond donors (Lipinski definition) is 1. The van der Waals surface area contributed by atoms with Crippen LogP contribution in [0.3, 0.4) is 0 Å². The molecule has 0 aliphatic heterocycles. The number of ether oxygens (including phenoxy) is 1. The minimum atomic E-state index is -0.107. The van der Waals surface area contributed by atoms with Crippen molar-refractivity contribution in [3.8, 4) is 5.75 Å². The smallest absolute Gasteiger partial charge is 0.259 e. The van der Waals surface area contributed by atoms with E-state index in [1.54, 1.807) is 29.7 Å². The van der Waals surface area contributed by atoms with Crippen molar-refractivity contribution < 1.29 is 9.53 Å². The highest BCUT2D eigenvalue weighted by Crippen LogP contribution is 2.40. The third-order valence-corrected chi connectivity index (χ3v) is 7.80. The molecule has 36 heavy (non-hydrogen) atoms. The Balaban J connectivity index is 1.36. The van der Waals surface area contributed by atoms with E-state index in [9.17, 15) is 4.79 Å². The molecule has 0 saturated carbocycles. The normalized spacial score (nSPS) is 12.9. The summed E-state index contributed by atoms with van der Waals surface area (Å²) in [6, 6.07) is 22.6. The number of aliphatic imine (C=N–C) groups is 1. The fraction of sp³-hybridized carbons (Fsp3) is 0.172. The Morgan fingerprint density at radius 2 is 1.83 bits per heavy atom. The number of halogens is 2. The first-order chi connectivity index (χ1) is 17.6. The molecule has 1 N–H and O–H groups in total. The van der Waals surface area contributed by atoms with Crippen molar-refractivity contribution in [2.24, 2.45) is 4.99 Å². The topological polar surface area (TPSA) is 50.7 Å². The maximum absolute atomic E-state index is 13.3. The lowest BCUT2D eigenvalue weighted by Gasteiger charge is -2.12. The zero-order valence-electron chi connectivity index (χ0n) is 19.5. The van der Waals surface area contributed by atoms with Gasteiger partial charge in [0.2, 0.25) is 0 Å². The summed E-state index contributed by atoms with van der Waals surface area (Å²) in [7, 11) is 0. The standard InChI is InChI=1S/C29H24Cl2N2O2S/c30-21-14-13-20(25(31)16-21)18-35-23-10-6-7-19(15-23)17-32-29-27(24-11-4-5-12-26(24)36-29)28(34)33-22-8-2-1-3-9-22/h1-3,6-10,13-17H,4-5,11-12,18H2,(H,33,34). The molecule has 1 aliphatic carbocycles. The van der Waals surface area contributed by atoms with Gasteiger partial charge in [-0.15, -0.1) is 11.3 Å². The van der Waals surface area contributed by atoms with Crippen LogP contribution in [-0.4, -0.2) is 12.1 Å². The predicted octanol–water partition coefficient (Wildman–Crippen LogP) is 8.52. The van der Waals surface area contributed by atoms with Gasteiger partial charge in [-0.3, -0.25) is 4.79 Å². The molecule has 0 radical (unpaired) electrons. The lowest BCUT2D eigenvalue weighted by atomic mass is 9.95. The van der Waals surface area contributed by atoms with Crippen LogP contribution < -0.4 is 10.1 Å². The van der Waals surface area contributed by atoms with Gasteiger partial charge in [-0.2, -0.15) is 0 Å². The molecule has 1 aromatic heterocycles. The highest BCUT2D eigenvalue weighted by Gasteiger charge is 2.25. The first kappa shape index (κ1) is 24.6. The van der Waals surface area contributed by atoms with Crippen LogP contribution in [0.4, 0.5) is 10.7 Å². The minimum absolute atomic E-state index is 0.107. The first-order valence-corrected chi connectivity index (χ1v) is 13.4. The van der Waals surface area contributed by atoms with E-state index >= 15 is 0 Å². The Morgan fingerprint density at radius 3 is 2.67 bits per heavy atom. The number of nitrogens with one attached hydrogen (secondary N) is 1. The number of thiophene rings is 1. The summed E-state index contributed by atoms with van der Waals surface area (Å²) in [5.41, 5.74) is 4.36. The highest BCUT2D eigenvalue weighted by atomic mass is 35.5. The van der Waals surface area contributed by atoms with Crippen molar-refractivity contribution >= 4 is 57.3 Å². The molecule has 3 aromatic carbocycles. The van der Waals surface area contributed by atoms with Crippen LogP contribution in [0.1, 0.15) is 44.8 Å². The lowest BCUT2D eigenvalue weighted by molar-refractivity contribution is 0.102. The van der Waals surface area contributed by atoms with Crippen LogP contribution >= 0.6 is 34.5 Å². The number of carbonyl (C=O) groups is 1. The van der Waals surface area contributed by atoms with Gasteiger partial charge in [0.15, 0.2) is 0 Å². The summed E-state index contributed by atoms with van der Waals surface area (Å²) in [5.74, 6) is 0.599. The average molecular weight is 535 g/mol. The van der Waals surface area contributed by atoms with E-state index in [2.05, 4.69) is 5.32 Å². The molecule has 0 bridgehead atoms. The Hall–Kier alpha value is -3.12. The molecule has 0 fully saturated rings. The van der Waals surface area contributed by atoms with Gasteiger partial charge in [-0.25, -0.2) is 4.99 Å². The Labute approximate surface area is 224 Å². The average Bonchev–Trinajstić information content (AvgIpc) is 3.26. The molecule has 0 spiro atoms. The number of benzene rings is 3. The minimum Gasteiger partial charge on any atom is -0.489 e. The molecular formula is C29H24Cl2N2O2S. The summed E-state index contributed by atoms with van der Waals surface area (Å²) >= 11 is 13.9. The van der Waals surface area contributed by atoms with Crippen molar-refractivity contribution in [1.82, 2.24) is 0 Å². The zero-order valence-corrected chi connectivity index (χ0v) is 21.8. The fourth-order valence-corrected chi connectivity index (χ4v) is 5.90. The van der Waals surface area contributed by atoms with Gasteiger partial charge in [-0.1, -0.05) is 59.6 Å². The van der Waals surface area contributed by atoms with Crippen LogP contribution in [0.15, 0.2) is 77.8 Å². The Bertz CT molecular complexity index is 1420. The molecule has 1 heterocycles. The van der Waals surface area contributed by atoms with E-state index in [4.69, 9.17) is 32.9 Å². The molecular weight excluding hydrogens is 511 g/mol. The monoisotopic (exact) mass is 534 g/mol. The second-order valence-electron chi connectivity index (χ2n) is 8.57. The van der Waals surface area contributed by atoms with E-state index in [-0.39, 0.29) is 5.91 Å². The second-order valence-corrected chi connectivity index (χ2v) is 10.5. The predicted molar refractivity (Wildman–Crippen MR) is 150 cm³/mol. The quantitative estimate of drug-likeness (QED) is 0.241. The number of fused-ring (bicyclic) bond motifs is 1. The van der Waals surface area contributed by atoms with E-state index < -0.39 is 0 Å². The highest BCUT2D eigenvalue weighted by molar-refractivity contribution is 7.16. The largest absolute Gasteiger partial charge is 0.489 e. The number of carbonyl (C=O) groups excluding carboxylic acids is 1. The Kier molecular flexibility index (Phi) is 7.71. The molecule has 1 amide bonds. The van der Waals surface area contributed by atoms with Crippen LogP contribution in [-0.2, 0) is 19.4 Å². The van der Waals surface area contributed by atoms with Crippen LogP contribution in [0.2, 0.25) is 10.0 Å². The fourth-order valence-electron chi connectivity index (χ4n) is 4.21. The summed E-state index contributed by atoms with van der Waals surface area (Å²) in [6.45, 7) is 0.331. The van der Waals surface area contributed by atoms with Crippen molar-refractivity contribution in [3.05, 3.63) is 110 Å². The van der Waals surface area contributed by atoms with Crippen LogP contribution in [0, 0.1) is 0 Å². The van der Waals surface area contributed by atoms with E-state index in [0.29, 0.717) is 28.0 Å². The number of hydrogen-bond acceptors (Lipinski definition) is 4. The zero-order chi connectivity index (χ0) is 24.9. The van der Waals surface area contributed by atoms with Gasteiger partial charge in [0.25, 0.3) is 5.91 Å². The summed E-state index contributed by atoms with van der Waals surface area (Å²) in [4.78, 5) is 19.3. The van der Waals surface area contributed by atoms with Crippen molar-refractivity contribution in [3.63, 3.8) is 0 Å². The van der Waals surface area contributed by atoms with E-state index in [1.807, 2.05) is 60.7 Å². The van der Waals surface area contributed by atoms with Crippen molar-refractivity contribution in [1.29, 1.82) is 0 Å². The van der Waals surface area contributed by atoms with Gasteiger partial charge < -0.3 is 10.1 Å². The SMILES string of the molecule is O=C(Nc1ccccc1)c1c(N=Cc2cccc(OCc3ccc(Cl)cc3Cl)c2)sc2c1CCCC2. The number of amides is 1. The first-order valence-electron chi connectivity index (χ1n) is 11.8. The number of anilines is 1. The molecule has 182 valence electrons. The van der Waals surface area contributed by atoms with Crippen LogP contribution in [0.5, 0.6) is 5.75 Å². The lowest BCUT2D eigenvalue weighted by Crippen LogP contribution is -2.14. The maximum atomic E-state index is 13.3. The number of aryl methyl sites for hydroxylation is 1. The third-order valence-electron chi connectivity index (χ3n) is 6.01. The second kappa shape index (κ2) is 11.3. The van der Waals surface area contributed by atoms with Gasteiger partial charge in [-0.05, 0) is 73.2 Å². The number of nitrogens with zero attached hydrogens (tertiary/aromatic N) is 1. The molecule has 5 rings (SSSR count). The van der Waals surface area contributed by atoms with Crippen molar-refractivity contribution in [2.75, 3.05) is 5.32 Å². The molecule has 4 aromatic rings. The van der Waals surface area contributed by atoms with Crippen LogP contribution in [0.25, 0.3) is 0 Å². The van der Waals surface area contributed by atoms with Gasteiger partial charge >= 0.3 is 0 Å². The summed E-state index contributed by atoms with van der Waals surface area (Å²) in [6.07, 6.45) is 5.94. The van der Waals surface area contributed by atoms with Gasteiger partial charge in [0.05, 0.1) is 5.56 Å². The van der Waals surface area contributed by atoms with Crippen molar-refractivity contribution in [2.45, 2.75) is 32.3 Å². The van der Waals surface area contributed by atoms with Gasteiger partial charge in [0, 0.05) is 32.4 Å². The summed E-state index contributed by atoms with van der Waals surface area (Å²) < 4.78 is 5.95. The Morgan fingerprint density at radius 1 is 1.00 bits per heavy atom. The summed E-state index contributed by atoms with van der Waals surface area (Å²) in [5, 5.41) is 4.95. The molecule has 0 saturated heterocycles. The van der Waals surface area contributed by atoms with E-state index in [1.165, 1.54) is 4.88 Å². The number of para-hydroxylation sites is 1. The maximum Gasteiger partial charge on any atom is 0.259 e.